The van der Waals surface area contributed by atoms with Gasteiger partial charge in [0.2, 0.25) is 0 Å². The molecule has 0 radical (unpaired) electrons. The highest BCUT2D eigenvalue weighted by Crippen LogP contribution is 2.36. The molecular formula is C13H15BrO2. The molecule has 1 fully saturated rings. The van der Waals surface area contributed by atoms with Crippen LogP contribution in [0, 0.1) is 5.92 Å². The first-order valence-electron chi connectivity index (χ1n) is 5.69. The number of benzene rings is 1. The summed E-state index contributed by atoms with van der Waals surface area (Å²) in [5.41, 5.74) is 0.727. The second kappa shape index (κ2) is 5.00. The molecule has 0 amide bonds. The quantitative estimate of drug-likeness (QED) is 0.768. The van der Waals surface area contributed by atoms with Crippen LogP contribution in [-0.4, -0.2) is 12.4 Å². The maximum absolute atomic E-state index is 12.0. The first kappa shape index (κ1) is 11.6. The van der Waals surface area contributed by atoms with Crippen LogP contribution in [0.1, 0.15) is 36.5 Å². The van der Waals surface area contributed by atoms with E-state index in [1.165, 1.54) is 0 Å². The number of ether oxygens (including phenoxy) is 1. The van der Waals surface area contributed by atoms with Crippen molar-refractivity contribution in [1.82, 2.24) is 0 Å². The van der Waals surface area contributed by atoms with E-state index in [-0.39, 0.29) is 11.7 Å². The summed E-state index contributed by atoms with van der Waals surface area (Å²) >= 11 is 3.39. The number of carbonyl (C=O) groups is 1. The van der Waals surface area contributed by atoms with Gasteiger partial charge in [0.25, 0.3) is 0 Å². The third kappa shape index (κ3) is 2.64. The molecule has 0 heterocycles. The van der Waals surface area contributed by atoms with E-state index in [1.54, 1.807) is 0 Å². The lowest BCUT2D eigenvalue weighted by Gasteiger charge is -2.10. The normalized spacial score (nSPS) is 14.9. The van der Waals surface area contributed by atoms with E-state index >= 15 is 0 Å². The maximum atomic E-state index is 12.0. The van der Waals surface area contributed by atoms with Crippen molar-refractivity contribution in [2.75, 3.05) is 6.61 Å². The molecule has 86 valence electrons. The predicted octanol–water partition coefficient (Wildman–Crippen LogP) is 3.83. The van der Waals surface area contributed by atoms with E-state index in [1.807, 2.05) is 18.2 Å². The summed E-state index contributed by atoms with van der Waals surface area (Å²) in [4.78, 5) is 12.0. The van der Waals surface area contributed by atoms with Gasteiger partial charge in [-0.25, -0.2) is 0 Å². The van der Waals surface area contributed by atoms with E-state index in [0.717, 1.165) is 35.0 Å². The van der Waals surface area contributed by atoms with Gasteiger partial charge in [0.1, 0.15) is 5.75 Å². The van der Waals surface area contributed by atoms with Gasteiger partial charge in [0.05, 0.1) is 12.2 Å². The zero-order chi connectivity index (χ0) is 11.5. The fourth-order valence-corrected chi connectivity index (χ4v) is 1.96. The van der Waals surface area contributed by atoms with Crippen molar-refractivity contribution in [2.24, 2.45) is 5.92 Å². The second-order valence-electron chi connectivity index (χ2n) is 4.13. The van der Waals surface area contributed by atoms with Crippen molar-refractivity contribution in [3.63, 3.8) is 0 Å². The Kier molecular flexibility index (Phi) is 3.64. The molecular weight excluding hydrogens is 268 g/mol. The minimum Gasteiger partial charge on any atom is -0.493 e. The zero-order valence-electron chi connectivity index (χ0n) is 9.33. The highest BCUT2D eigenvalue weighted by atomic mass is 79.9. The van der Waals surface area contributed by atoms with E-state index in [9.17, 15) is 4.79 Å². The molecule has 1 aliphatic carbocycles. The highest BCUT2D eigenvalue weighted by molar-refractivity contribution is 9.10. The van der Waals surface area contributed by atoms with Crippen molar-refractivity contribution < 1.29 is 9.53 Å². The van der Waals surface area contributed by atoms with Crippen molar-refractivity contribution in [1.29, 1.82) is 0 Å². The Morgan fingerprint density at radius 2 is 2.25 bits per heavy atom. The fourth-order valence-electron chi connectivity index (χ4n) is 1.60. The lowest BCUT2D eigenvalue weighted by Crippen LogP contribution is -2.06. The van der Waals surface area contributed by atoms with Crippen LogP contribution in [0.3, 0.4) is 0 Å². The van der Waals surface area contributed by atoms with Crippen LogP contribution in [0.2, 0.25) is 0 Å². The molecule has 0 aliphatic heterocycles. The van der Waals surface area contributed by atoms with E-state index in [0.29, 0.717) is 6.61 Å². The summed E-state index contributed by atoms with van der Waals surface area (Å²) in [5, 5.41) is 0. The smallest absolute Gasteiger partial charge is 0.169 e. The average molecular weight is 283 g/mol. The van der Waals surface area contributed by atoms with E-state index in [4.69, 9.17) is 4.74 Å². The standard InChI is InChI=1S/C13H15BrO2/c1-2-7-16-12-6-5-10(14)8-11(12)13(15)9-3-4-9/h5-6,8-9H,2-4,7H2,1H3. The summed E-state index contributed by atoms with van der Waals surface area (Å²) in [7, 11) is 0. The third-order valence-corrected chi connectivity index (χ3v) is 3.11. The highest BCUT2D eigenvalue weighted by Gasteiger charge is 2.32. The number of hydrogen-bond acceptors (Lipinski definition) is 2. The van der Waals surface area contributed by atoms with Crippen LogP contribution >= 0.6 is 15.9 Å². The fraction of sp³-hybridized carbons (Fsp3) is 0.462. The lowest BCUT2D eigenvalue weighted by molar-refractivity contribution is 0.0963. The van der Waals surface area contributed by atoms with Crippen molar-refractivity contribution in [2.45, 2.75) is 26.2 Å². The topological polar surface area (TPSA) is 26.3 Å². The van der Waals surface area contributed by atoms with Gasteiger partial charge >= 0.3 is 0 Å². The summed E-state index contributed by atoms with van der Waals surface area (Å²) in [6.07, 6.45) is 3.00. The molecule has 0 bridgehead atoms. The maximum Gasteiger partial charge on any atom is 0.169 e. The summed E-state index contributed by atoms with van der Waals surface area (Å²) in [5.74, 6) is 1.19. The largest absolute Gasteiger partial charge is 0.493 e. The molecule has 1 aromatic rings. The Balaban J connectivity index is 2.24. The van der Waals surface area contributed by atoms with Gasteiger partial charge in [-0.1, -0.05) is 22.9 Å². The van der Waals surface area contributed by atoms with Crippen LogP contribution in [0.15, 0.2) is 22.7 Å². The van der Waals surface area contributed by atoms with Crippen LogP contribution in [-0.2, 0) is 0 Å². The summed E-state index contributed by atoms with van der Waals surface area (Å²) in [6.45, 7) is 2.72. The molecule has 2 nitrogen and oxygen atoms in total. The monoisotopic (exact) mass is 282 g/mol. The number of ketones is 1. The summed E-state index contributed by atoms with van der Waals surface area (Å²) in [6, 6.07) is 5.65. The molecule has 0 saturated heterocycles. The van der Waals surface area contributed by atoms with Crippen LogP contribution in [0.25, 0.3) is 0 Å². The Hall–Kier alpha value is -0.830. The molecule has 1 aliphatic rings. The van der Waals surface area contributed by atoms with E-state index < -0.39 is 0 Å². The molecule has 0 aromatic heterocycles. The number of carbonyl (C=O) groups excluding carboxylic acids is 1. The molecule has 0 N–H and O–H groups in total. The molecule has 0 unspecified atom stereocenters. The number of rotatable bonds is 5. The SMILES string of the molecule is CCCOc1ccc(Br)cc1C(=O)C1CC1. The first-order valence-corrected chi connectivity index (χ1v) is 6.48. The van der Waals surface area contributed by atoms with Crippen LogP contribution in [0.4, 0.5) is 0 Å². The Morgan fingerprint density at radius 3 is 2.88 bits per heavy atom. The lowest BCUT2D eigenvalue weighted by atomic mass is 10.1. The number of hydrogen-bond donors (Lipinski definition) is 0. The van der Waals surface area contributed by atoms with Gasteiger partial charge in [-0.05, 0) is 37.5 Å². The number of halogens is 1. The Bertz CT molecular complexity index is 397. The minimum absolute atomic E-state index is 0.229. The van der Waals surface area contributed by atoms with Gasteiger partial charge in [-0.15, -0.1) is 0 Å². The van der Waals surface area contributed by atoms with Crippen LogP contribution < -0.4 is 4.74 Å². The van der Waals surface area contributed by atoms with Crippen molar-refractivity contribution in [3.8, 4) is 5.75 Å². The molecule has 0 spiro atoms. The van der Waals surface area contributed by atoms with Gasteiger partial charge in [0, 0.05) is 10.4 Å². The average Bonchev–Trinajstić information content (AvgIpc) is 3.10. The number of Topliss-reactive ketones (excluding diaryl/α,β-unsaturated/α-hetero) is 1. The minimum atomic E-state index is 0.229. The van der Waals surface area contributed by atoms with Gasteiger partial charge in [0.15, 0.2) is 5.78 Å². The zero-order valence-corrected chi connectivity index (χ0v) is 10.9. The molecule has 1 aromatic carbocycles. The Labute approximate surface area is 104 Å². The third-order valence-electron chi connectivity index (χ3n) is 2.62. The van der Waals surface area contributed by atoms with Crippen LogP contribution in [0.5, 0.6) is 5.75 Å². The van der Waals surface area contributed by atoms with Gasteiger partial charge in [-0.3, -0.25) is 4.79 Å². The molecule has 3 heteroatoms. The van der Waals surface area contributed by atoms with Crippen molar-refractivity contribution in [3.05, 3.63) is 28.2 Å². The van der Waals surface area contributed by atoms with Gasteiger partial charge in [-0.2, -0.15) is 0 Å². The van der Waals surface area contributed by atoms with Gasteiger partial charge < -0.3 is 4.74 Å². The molecule has 1 saturated carbocycles. The Morgan fingerprint density at radius 1 is 1.50 bits per heavy atom. The first-order chi connectivity index (χ1) is 7.72. The predicted molar refractivity (Wildman–Crippen MR) is 67.0 cm³/mol. The van der Waals surface area contributed by atoms with Crippen molar-refractivity contribution >= 4 is 21.7 Å². The second-order valence-corrected chi connectivity index (χ2v) is 5.04. The molecule has 0 atom stereocenters. The summed E-state index contributed by atoms with van der Waals surface area (Å²) < 4.78 is 6.53. The van der Waals surface area contributed by atoms with E-state index in [2.05, 4.69) is 22.9 Å². The molecule has 16 heavy (non-hydrogen) atoms. The molecule has 2 rings (SSSR count).